The van der Waals surface area contributed by atoms with E-state index in [-0.39, 0.29) is 17.6 Å². The first-order valence-electron chi connectivity index (χ1n) is 15.9. The summed E-state index contributed by atoms with van der Waals surface area (Å²) in [7, 11) is 3.84. The largest absolute Gasteiger partial charge is 0.508 e. The molecule has 0 unspecified atom stereocenters. The van der Waals surface area contributed by atoms with Gasteiger partial charge in [0.15, 0.2) is 0 Å². The Bertz CT molecular complexity index is 2060. The molecule has 7 rings (SSSR count). The molecule has 5 aromatic rings. The van der Waals surface area contributed by atoms with Crippen molar-refractivity contribution in [2.75, 3.05) is 30.1 Å². The number of phenols is 1. The van der Waals surface area contributed by atoms with Crippen molar-refractivity contribution in [1.29, 1.82) is 0 Å². The highest BCUT2D eigenvalue weighted by Gasteiger charge is 2.33. The van der Waals surface area contributed by atoms with Crippen LogP contribution in [-0.4, -0.2) is 57.7 Å². The van der Waals surface area contributed by atoms with Crippen molar-refractivity contribution in [3.63, 3.8) is 0 Å². The molecule has 8 nitrogen and oxygen atoms in total. The zero-order chi connectivity index (χ0) is 33.7. The second-order valence-electron chi connectivity index (χ2n) is 12.5. The van der Waals surface area contributed by atoms with Crippen LogP contribution < -0.4 is 9.80 Å². The topological polar surface area (TPSA) is 81.9 Å². The molecule has 0 saturated carbocycles. The lowest BCUT2D eigenvalue weighted by molar-refractivity contribution is 0.0607. The Morgan fingerprint density at radius 2 is 1.71 bits per heavy atom. The van der Waals surface area contributed by atoms with E-state index in [1.54, 1.807) is 64.5 Å². The fourth-order valence-corrected chi connectivity index (χ4v) is 7.02. The third kappa shape index (κ3) is 5.48. The van der Waals surface area contributed by atoms with Gasteiger partial charge in [0.25, 0.3) is 11.8 Å². The van der Waals surface area contributed by atoms with Crippen molar-refractivity contribution >= 4 is 40.6 Å². The molecule has 0 radical (unpaired) electrons. The second kappa shape index (κ2) is 12.5. The fraction of sp³-hybridized carbons (Fsp3) is 0.237. The van der Waals surface area contributed by atoms with Crippen LogP contribution in [0.4, 0.5) is 21.6 Å². The number of likely N-dealkylation sites (N-methyl/N-ethyl adjacent to an activating group) is 1. The van der Waals surface area contributed by atoms with Crippen LogP contribution in [0.25, 0.3) is 11.3 Å². The molecule has 4 heterocycles. The summed E-state index contributed by atoms with van der Waals surface area (Å²) < 4.78 is 16.3. The first-order chi connectivity index (χ1) is 23.1. The summed E-state index contributed by atoms with van der Waals surface area (Å²) >= 11 is 6.52. The van der Waals surface area contributed by atoms with Crippen LogP contribution in [0.1, 0.15) is 43.1 Å². The summed E-state index contributed by atoms with van der Waals surface area (Å²) in [4.78, 5) is 38.8. The van der Waals surface area contributed by atoms with Gasteiger partial charge in [-0.15, -0.1) is 0 Å². The van der Waals surface area contributed by atoms with Gasteiger partial charge in [-0.1, -0.05) is 35.9 Å². The van der Waals surface area contributed by atoms with Gasteiger partial charge in [0.1, 0.15) is 18.2 Å². The summed E-state index contributed by atoms with van der Waals surface area (Å²) in [5.74, 6) is 0.377. The average Bonchev–Trinajstić information content (AvgIpc) is 3.62. The Labute approximate surface area is 283 Å². The van der Waals surface area contributed by atoms with Gasteiger partial charge in [0.2, 0.25) is 0 Å². The van der Waals surface area contributed by atoms with Crippen LogP contribution in [0.15, 0.2) is 85.1 Å². The van der Waals surface area contributed by atoms with E-state index in [2.05, 4.69) is 9.88 Å². The molecule has 2 amide bonds. The number of fused-ring (bicyclic) bond motifs is 2. The number of pyridine rings is 1. The van der Waals surface area contributed by atoms with Crippen LogP contribution in [0, 0.1) is 6.92 Å². The maximum absolute atomic E-state index is 14.6. The third-order valence-electron chi connectivity index (χ3n) is 9.62. The monoisotopic (exact) mass is 663 g/mol. The predicted octanol–water partition coefficient (Wildman–Crippen LogP) is 7.26. The van der Waals surface area contributed by atoms with E-state index < -0.39 is 12.7 Å². The molecule has 0 fully saturated rings. The molecule has 0 spiro atoms. The normalized spacial score (nSPS) is 15.3. The molecule has 3 aromatic carbocycles. The van der Waals surface area contributed by atoms with Crippen molar-refractivity contribution in [2.24, 2.45) is 7.05 Å². The highest BCUT2D eigenvalue weighted by atomic mass is 35.5. The Hall–Kier alpha value is -5.15. The molecule has 0 aliphatic carbocycles. The summed E-state index contributed by atoms with van der Waals surface area (Å²) in [5.41, 5.74) is 6.90. The first kappa shape index (κ1) is 31.4. The lowest BCUT2D eigenvalue weighted by atomic mass is 9.93. The molecule has 2 aliphatic rings. The fourth-order valence-electron chi connectivity index (χ4n) is 6.85. The summed E-state index contributed by atoms with van der Waals surface area (Å²) in [6, 6.07) is 22.5. The van der Waals surface area contributed by atoms with Gasteiger partial charge < -0.3 is 19.5 Å². The van der Waals surface area contributed by atoms with E-state index in [4.69, 9.17) is 11.6 Å². The highest BCUT2D eigenvalue weighted by molar-refractivity contribution is 6.31. The number of carbonyl (C=O) groups excluding carboxylic acids is 2. The van der Waals surface area contributed by atoms with Crippen molar-refractivity contribution in [1.82, 2.24) is 14.5 Å². The molecular weight excluding hydrogens is 629 g/mol. The Morgan fingerprint density at radius 1 is 0.958 bits per heavy atom. The summed E-state index contributed by atoms with van der Waals surface area (Å²) in [5, 5.41) is 10.4. The molecule has 2 aromatic heterocycles. The molecule has 1 atom stereocenters. The lowest BCUT2D eigenvalue weighted by Crippen LogP contribution is -2.45. The van der Waals surface area contributed by atoms with Gasteiger partial charge >= 0.3 is 0 Å². The number of phenolic OH excluding ortho intramolecular Hbond substituents is 1. The number of hydrogen-bond donors (Lipinski definition) is 1. The van der Waals surface area contributed by atoms with Crippen molar-refractivity contribution in [3.05, 3.63) is 124 Å². The zero-order valence-electron chi connectivity index (χ0n) is 27.0. The van der Waals surface area contributed by atoms with Crippen LogP contribution in [0.5, 0.6) is 5.75 Å². The minimum Gasteiger partial charge on any atom is -0.508 e. The number of rotatable bonds is 6. The second-order valence-corrected chi connectivity index (χ2v) is 12.9. The minimum atomic E-state index is -0.661. The number of alkyl halides is 1. The summed E-state index contributed by atoms with van der Waals surface area (Å²) in [6.45, 7) is 2.34. The number of aromatic nitrogens is 2. The van der Waals surface area contributed by atoms with Gasteiger partial charge in [-0.2, -0.15) is 0 Å². The van der Waals surface area contributed by atoms with Crippen molar-refractivity contribution < 1.29 is 19.1 Å². The predicted molar refractivity (Wildman–Crippen MR) is 186 cm³/mol. The Balaban J connectivity index is 1.30. The zero-order valence-corrected chi connectivity index (χ0v) is 27.7. The maximum Gasteiger partial charge on any atom is 0.264 e. The van der Waals surface area contributed by atoms with Crippen molar-refractivity contribution in [2.45, 2.75) is 32.4 Å². The summed E-state index contributed by atoms with van der Waals surface area (Å²) in [6.07, 6.45) is 2.94. The van der Waals surface area contributed by atoms with E-state index in [1.165, 1.54) is 0 Å². The molecule has 0 saturated heterocycles. The van der Waals surface area contributed by atoms with Gasteiger partial charge in [-0.3, -0.25) is 14.5 Å². The van der Waals surface area contributed by atoms with E-state index in [0.29, 0.717) is 57.4 Å². The molecule has 48 heavy (non-hydrogen) atoms. The van der Waals surface area contributed by atoms with Gasteiger partial charge in [0.05, 0.1) is 23.5 Å². The van der Waals surface area contributed by atoms with Crippen LogP contribution in [0.2, 0.25) is 5.02 Å². The lowest BCUT2D eigenvalue weighted by Gasteiger charge is -2.36. The van der Waals surface area contributed by atoms with E-state index >= 15 is 0 Å². The molecular formula is C38H35ClFN5O3. The Kier molecular flexibility index (Phi) is 8.17. The first-order valence-corrected chi connectivity index (χ1v) is 16.3. The van der Waals surface area contributed by atoms with E-state index in [9.17, 15) is 19.1 Å². The van der Waals surface area contributed by atoms with Gasteiger partial charge in [0, 0.05) is 60.4 Å². The number of amides is 2. The van der Waals surface area contributed by atoms with Gasteiger partial charge in [-0.05, 0) is 91.1 Å². The van der Waals surface area contributed by atoms with Crippen LogP contribution in [-0.2, 0) is 26.4 Å². The maximum atomic E-state index is 14.6. The molecule has 10 heteroatoms. The number of aromatic hydroxyl groups is 1. The minimum absolute atomic E-state index is 0.0865. The molecule has 0 bridgehead atoms. The average molecular weight is 664 g/mol. The Morgan fingerprint density at radius 3 is 2.46 bits per heavy atom. The SMILES string of the molecule is Cc1c(C(=O)N(c2ccc(O)cc2)c2cnc3c(c2)CCN3C)cc(-c2cc(Cl)ccc2C(=O)N2Cc3ccccc3C[C@H]2CF)n1C. The van der Waals surface area contributed by atoms with Crippen LogP contribution in [0.3, 0.4) is 0 Å². The number of carbonyl (C=O) groups is 2. The van der Waals surface area contributed by atoms with Gasteiger partial charge in [-0.25, -0.2) is 9.37 Å². The molecule has 2 aliphatic heterocycles. The third-order valence-corrected chi connectivity index (χ3v) is 9.86. The quantitative estimate of drug-likeness (QED) is 0.207. The molecule has 244 valence electrons. The standard InChI is InChI=1S/C38H35ClFN5O3/c1-23-33(38(48)45(28-9-11-31(46)12-10-28)30-17-25-14-15-42(2)36(25)41-21-30)19-35(43(23)3)34-18-27(39)8-13-32(34)37(47)44-22-26-7-5-4-6-24(26)16-29(44)20-40/h4-13,17-19,21,29,46H,14-16,20,22H2,1-3H3/t29-/m0/s1. The van der Waals surface area contributed by atoms with Crippen molar-refractivity contribution in [3.8, 4) is 17.0 Å². The number of anilines is 3. The van der Waals surface area contributed by atoms with Crippen LogP contribution >= 0.6 is 11.6 Å². The molecule has 1 N–H and O–H groups in total. The van der Waals surface area contributed by atoms with E-state index in [1.807, 2.05) is 55.9 Å². The smallest absolute Gasteiger partial charge is 0.264 e. The number of nitrogens with zero attached hydrogens (tertiary/aromatic N) is 5. The number of benzene rings is 3. The van der Waals surface area contributed by atoms with E-state index in [0.717, 1.165) is 35.5 Å². The number of halogens is 2. The number of hydrogen-bond acceptors (Lipinski definition) is 5. The highest BCUT2D eigenvalue weighted by Crippen LogP contribution is 2.37.